The standard InChI is InChI=1S/C10H20N2O4S/c1-10(2,3)16-9(14)11-7(6-17)8(13)12(4)15-5/h7,17H,6H2,1-5H3,(H,11,14)/t7-/m1/s1. The summed E-state index contributed by atoms with van der Waals surface area (Å²) in [5.74, 6) is -0.237. The highest BCUT2D eigenvalue weighted by atomic mass is 32.1. The Kier molecular flexibility index (Phi) is 6.33. The summed E-state index contributed by atoms with van der Waals surface area (Å²) in [5, 5.41) is 3.46. The van der Waals surface area contributed by atoms with Gasteiger partial charge in [-0.3, -0.25) is 9.63 Å². The Morgan fingerprint density at radius 3 is 2.29 bits per heavy atom. The predicted molar refractivity (Wildman–Crippen MR) is 66.8 cm³/mol. The fourth-order valence-corrected chi connectivity index (χ4v) is 1.19. The minimum Gasteiger partial charge on any atom is -0.444 e. The summed E-state index contributed by atoms with van der Waals surface area (Å²) in [6, 6.07) is -0.780. The lowest BCUT2D eigenvalue weighted by Crippen LogP contribution is -2.49. The molecular weight excluding hydrogens is 244 g/mol. The van der Waals surface area contributed by atoms with E-state index in [9.17, 15) is 9.59 Å². The van der Waals surface area contributed by atoms with Crippen molar-refractivity contribution in [2.45, 2.75) is 32.4 Å². The van der Waals surface area contributed by atoms with Gasteiger partial charge < -0.3 is 10.1 Å². The van der Waals surface area contributed by atoms with E-state index in [1.54, 1.807) is 20.8 Å². The van der Waals surface area contributed by atoms with Gasteiger partial charge in [0, 0.05) is 12.8 Å². The van der Waals surface area contributed by atoms with Crippen molar-refractivity contribution in [1.29, 1.82) is 0 Å². The van der Waals surface area contributed by atoms with Gasteiger partial charge in [0.1, 0.15) is 11.6 Å². The summed E-state index contributed by atoms with van der Waals surface area (Å²) < 4.78 is 5.04. The molecule has 0 aliphatic rings. The molecule has 0 aromatic carbocycles. The number of nitrogens with zero attached hydrogens (tertiary/aromatic N) is 1. The number of hydroxylamine groups is 2. The van der Waals surface area contributed by atoms with E-state index in [4.69, 9.17) is 9.57 Å². The van der Waals surface area contributed by atoms with Crippen LogP contribution in [0.2, 0.25) is 0 Å². The van der Waals surface area contributed by atoms with E-state index in [2.05, 4.69) is 17.9 Å². The summed E-state index contributed by atoms with van der Waals surface area (Å²) in [4.78, 5) is 27.9. The maximum absolute atomic E-state index is 11.7. The van der Waals surface area contributed by atoms with Gasteiger partial charge >= 0.3 is 6.09 Å². The quantitative estimate of drug-likeness (QED) is 0.583. The molecule has 0 unspecified atom stereocenters. The first kappa shape index (κ1) is 16.1. The Bertz CT molecular complexity index is 278. The third-order valence-electron chi connectivity index (χ3n) is 1.76. The largest absolute Gasteiger partial charge is 0.444 e. The summed E-state index contributed by atoms with van der Waals surface area (Å²) in [5.41, 5.74) is -0.610. The summed E-state index contributed by atoms with van der Waals surface area (Å²) in [6.45, 7) is 5.22. The Labute approximate surface area is 107 Å². The van der Waals surface area contributed by atoms with Gasteiger partial charge in [0.15, 0.2) is 0 Å². The van der Waals surface area contributed by atoms with E-state index >= 15 is 0 Å². The van der Waals surface area contributed by atoms with E-state index in [0.717, 1.165) is 5.06 Å². The number of hydrogen-bond acceptors (Lipinski definition) is 5. The number of carbonyl (C=O) groups is 2. The molecule has 0 aromatic rings. The minimum absolute atomic E-state index is 0.159. The molecule has 17 heavy (non-hydrogen) atoms. The monoisotopic (exact) mass is 264 g/mol. The van der Waals surface area contributed by atoms with Gasteiger partial charge in [0.05, 0.1) is 7.11 Å². The average molecular weight is 264 g/mol. The zero-order valence-electron chi connectivity index (χ0n) is 10.8. The van der Waals surface area contributed by atoms with Crippen molar-refractivity contribution in [3.8, 4) is 0 Å². The lowest BCUT2D eigenvalue weighted by molar-refractivity contribution is -0.170. The number of alkyl carbamates (subject to hydrolysis) is 1. The van der Waals surface area contributed by atoms with Gasteiger partial charge in [-0.15, -0.1) is 0 Å². The second-order valence-corrected chi connectivity index (χ2v) is 4.76. The average Bonchev–Trinajstić information content (AvgIpc) is 2.21. The highest BCUT2D eigenvalue weighted by Gasteiger charge is 2.25. The molecule has 0 aliphatic heterocycles. The first-order valence-corrected chi connectivity index (χ1v) is 5.76. The normalized spacial score (nSPS) is 12.8. The third kappa shape index (κ3) is 6.38. The van der Waals surface area contributed by atoms with Crippen LogP contribution in [0.5, 0.6) is 0 Å². The maximum atomic E-state index is 11.7. The highest BCUT2D eigenvalue weighted by Crippen LogP contribution is 2.07. The van der Waals surface area contributed by atoms with Crippen LogP contribution < -0.4 is 5.32 Å². The molecule has 1 N–H and O–H groups in total. The molecule has 0 fully saturated rings. The molecule has 7 heteroatoms. The summed E-state index contributed by atoms with van der Waals surface area (Å²) in [7, 11) is 2.82. The molecule has 0 heterocycles. The second-order valence-electron chi connectivity index (χ2n) is 4.40. The molecule has 0 radical (unpaired) electrons. The first-order valence-electron chi connectivity index (χ1n) is 5.13. The second kappa shape index (κ2) is 6.70. The fraction of sp³-hybridized carbons (Fsp3) is 0.800. The van der Waals surface area contributed by atoms with Crippen LogP contribution in [0.15, 0.2) is 0 Å². The SMILES string of the molecule is CON(C)C(=O)[C@@H](CS)NC(=O)OC(C)(C)C. The van der Waals surface area contributed by atoms with E-state index in [-0.39, 0.29) is 5.75 Å². The van der Waals surface area contributed by atoms with E-state index < -0.39 is 23.6 Å². The Morgan fingerprint density at radius 1 is 1.41 bits per heavy atom. The molecule has 2 amide bonds. The van der Waals surface area contributed by atoms with Crippen molar-refractivity contribution in [2.75, 3.05) is 19.9 Å². The molecule has 0 saturated heterocycles. The van der Waals surface area contributed by atoms with Gasteiger partial charge in [-0.1, -0.05) is 0 Å². The molecule has 100 valence electrons. The van der Waals surface area contributed by atoms with Gasteiger partial charge in [-0.2, -0.15) is 12.6 Å². The number of amides is 2. The van der Waals surface area contributed by atoms with Gasteiger partial charge in [0.2, 0.25) is 0 Å². The summed E-state index contributed by atoms with van der Waals surface area (Å²) in [6.07, 6.45) is -0.658. The van der Waals surface area contributed by atoms with Crippen molar-refractivity contribution in [3.05, 3.63) is 0 Å². The van der Waals surface area contributed by atoms with E-state index in [1.165, 1.54) is 14.2 Å². The maximum Gasteiger partial charge on any atom is 0.408 e. The molecule has 0 aromatic heterocycles. The van der Waals surface area contributed by atoms with Crippen molar-refractivity contribution in [3.63, 3.8) is 0 Å². The first-order chi connectivity index (χ1) is 7.71. The Morgan fingerprint density at radius 2 is 1.94 bits per heavy atom. The highest BCUT2D eigenvalue weighted by molar-refractivity contribution is 7.80. The number of nitrogens with one attached hydrogen (secondary N) is 1. The molecular formula is C10H20N2O4S. The molecule has 1 atom stereocenters. The van der Waals surface area contributed by atoms with E-state index in [0.29, 0.717) is 0 Å². The molecule has 0 aliphatic carbocycles. The number of hydrogen-bond donors (Lipinski definition) is 2. The van der Waals surface area contributed by atoms with Crippen LogP contribution in [0, 0.1) is 0 Å². The number of carbonyl (C=O) groups excluding carboxylic acids is 2. The Balaban J connectivity index is 4.41. The molecule has 6 nitrogen and oxygen atoms in total. The minimum atomic E-state index is -0.780. The number of thiol groups is 1. The third-order valence-corrected chi connectivity index (χ3v) is 2.12. The molecule has 0 bridgehead atoms. The van der Waals surface area contributed by atoms with Crippen LogP contribution in [0.4, 0.5) is 4.79 Å². The summed E-state index contributed by atoms with van der Waals surface area (Å²) >= 11 is 4.00. The number of likely N-dealkylation sites (N-methyl/N-ethyl adjacent to an activating group) is 1. The lowest BCUT2D eigenvalue weighted by Gasteiger charge is -2.24. The van der Waals surface area contributed by atoms with Crippen molar-refractivity contribution >= 4 is 24.6 Å². The fourth-order valence-electron chi connectivity index (χ4n) is 0.945. The number of ether oxygens (including phenoxy) is 1. The molecule has 0 rings (SSSR count). The van der Waals surface area contributed by atoms with E-state index in [1.807, 2.05) is 0 Å². The Hall–Kier alpha value is -0.950. The van der Waals surface area contributed by atoms with Crippen molar-refractivity contribution in [2.24, 2.45) is 0 Å². The smallest absolute Gasteiger partial charge is 0.408 e. The topological polar surface area (TPSA) is 67.9 Å². The van der Waals surface area contributed by atoms with Crippen LogP contribution in [0.25, 0.3) is 0 Å². The predicted octanol–water partition coefficient (Wildman–Crippen LogP) is 0.829. The molecule has 0 saturated carbocycles. The molecule has 0 spiro atoms. The van der Waals surface area contributed by atoms with Gasteiger partial charge in [-0.05, 0) is 20.8 Å². The zero-order valence-corrected chi connectivity index (χ0v) is 11.7. The number of rotatable bonds is 4. The van der Waals surface area contributed by atoms with Crippen LogP contribution in [0.1, 0.15) is 20.8 Å². The lowest BCUT2D eigenvalue weighted by atomic mass is 10.2. The van der Waals surface area contributed by atoms with Crippen molar-refractivity contribution < 1.29 is 19.2 Å². The van der Waals surface area contributed by atoms with Crippen LogP contribution in [-0.2, 0) is 14.4 Å². The van der Waals surface area contributed by atoms with Crippen LogP contribution in [-0.4, -0.2) is 48.6 Å². The van der Waals surface area contributed by atoms with Crippen molar-refractivity contribution in [1.82, 2.24) is 10.4 Å². The van der Waals surface area contributed by atoms with Gasteiger partial charge in [0.25, 0.3) is 5.91 Å². The van der Waals surface area contributed by atoms with Gasteiger partial charge in [-0.25, -0.2) is 9.86 Å². The van der Waals surface area contributed by atoms with Crippen LogP contribution >= 0.6 is 12.6 Å². The zero-order chi connectivity index (χ0) is 13.6. The van der Waals surface area contributed by atoms with Crippen LogP contribution in [0.3, 0.4) is 0 Å².